The van der Waals surface area contributed by atoms with Gasteiger partial charge in [-0.1, -0.05) is 0 Å². The molecule has 0 N–H and O–H groups in total. The zero-order valence-electron chi connectivity index (χ0n) is 7.56. The van der Waals surface area contributed by atoms with Gasteiger partial charge in [-0.2, -0.15) is 13.2 Å². The number of rotatable bonds is 1. The molecule has 0 spiro atoms. The predicted molar refractivity (Wildman–Crippen MR) is 55.5 cm³/mol. The largest absolute Gasteiger partial charge is 0.465 e. The molecular weight excluding hydrogens is 324 g/mol. The molecule has 0 amide bonds. The van der Waals surface area contributed by atoms with Gasteiger partial charge in [0.25, 0.3) is 0 Å². The third kappa shape index (κ3) is 2.83. The van der Waals surface area contributed by atoms with Crippen LogP contribution in [0.3, 0.4) is 0 Å². The molecule has 0 radical (unpaired) electrons. The fourth-order valence-corrected chi connectivity index (χ4v) is 1.53. The van der Waals surface area contributed by atoms with Crippen LogP contribution >= 0.6 is 22.6 Å². The summed E-state index contributed by atoms with van der Waals surface area (Å²) in [5.74, 6) is -0.985. The lowest BCUT2D eigenvalue weighted by Crippen LogP contribution is -2.14. The third-order valence-electron chi connectivity index (χ3n) is 1.69. The molecule has 1 rings (SSSR count). The molecule has 0 aromatic heterocycles. The Morgan fingerprint density at radius 2 is 2.00 bits per heavy atom. The van der Waals surface area contributed by atoms with Gasteiger partial charge in [-0.3, -0.25) is 0 Å². The Morgan fingerprint density at radius 1 is 1.40 bits per heavy atom. The van der Waals surface area contributed by atoms with Gasteiger partial charge in [0.15, 0.2) is 0 Å². The van der Waals surface area contributed by atoms with Crippen LogP contribution in [0, 0.1) is 3.57 Å². The summed E-state index contributed by atoms with van der Waals surface area (Å²) in [5, 5.41) is 0. The highest BCUT2D eigenvalue weighted by Crippen LogP contribution is 2.32. The Labute approximate surface area is 97.6 Å². The van der Waals surface area contributed by atoms with Gasteiger partial charge in [-0.25, -0.2) is 4.79 Å². The van der Waals surface area contributed by atoms with Crippen molar-refractivity contribution in [3.05, 3.63) is 32.9 Å². The van der Waals surface area contributed by atoms with Crippen molar-refractivity contribution in [1.82, 2.24) is 0 Å². The molecule has 0 heterocycles. The summed E-state index contributed by atoms with van der Waals surface area (Å²) in [6.45, 7) is 0. The van der Waals surface area contributed by atoms with E-state index < -0.39 is 23.3 Å². The highest BCUT2D eigenvalue weighted by atomic mass is 127. The van der Waals surface area contributed by atoms with Gasteiger partial charge in [0, 0.05) is 3.57 Å². The first kappa shape index (κ1) is 12.3. The molecule has 0 saturated carbocycles. The molecule has 0 bridgehead atoms. The maximum absolute atomic E-state index is 12.5. The minimum absolute atomic E-state index is 0.461. The first-order valence-electron chi connectivity index (χ1n) is 3.81. The lowest BCUT2D eigenvalue weighted by Gasteiger charge is -2.11. The normalized spacial score (nSPS) is 11.3. The molecule has 0 saturated heterocycles. The topological polar surface area (TPSA) is 26.3 Å². The van der Waals surface area contributed by atoms with Crippen LogP contribution in [0.25, 0.3) is 0 Å². The van der Waals surface area contributed by atoms with Gasteiger partial charge in [0.2, 0.25) is 0 Å². The number of benzene rings is 1. The van der Waals surface area contributed by atoms with E-state index in [1.54, 1.807) is 0 Å². The number of methoxy groups -OCH3 is 1. The van der Waals surface area contributed by atoms with Gasteiger partial charge in [0.1, 0.15) is 0 Å². The number of ether oxygens (including phenoxy) is 1. The van der Waals surface area contributed by atoms with Gasteiger partial charge in [-0.05, 0) is 40.8 Å². The smallest absolute Gasteiger partial charge is 0.417 e. The summed E-state index contributed by atoms with van der Waals surface area (Å²) < 4.78 is 42.2. The standard InChI is InChI=1S/C9H6F3IO2/c1-15-8(14)6-4-5(13)2-3-7(6)9(10,11)12/h2-4H,1H3. The van der Waals surface area contributed by atoms with Crippen molar-refractivity contribution in [2.45, 2.75) is 6.18 Å². The van der Waals surface area contributed by atoms with E-state index >= 15 is 0 Å². The molecule has 0 fully saturated rings. The van der Waals surface area contributed by atoms with Crippen molar-refractivity contribution >= 4 is 28.6 Å². The SMILES string of the molecule is COC(=O)c1cc(I)ccc1C(F)(F)F. The monoisotopic (exact) mass is 330 g/mol. The van der Waals surface area contributed by atoms with E-state index in [4.69, 9.17) is 0 Å². The Kier molecular flexibility index (Phi) is 3.58. The maximum atomic E-state index is 12.5. The van der Waals surface area contributed by atoms with Crippen molar-refractivity contribution in [3.8, 4) is 0 Å². The second kappa shape index (κ2) is 4.38. The summed E-state index contributed by atoms with van der Waals surface area (Å²) in [4.78, 5) is 11.1. The minimum Gasteiger partial charge on any atom is -0.465 e. The maximum Gasteiger partial charge on any atom is 0.417 e. The number of esters is 1. The number of alkyl halides is 3. The lowest BCUT2D eigenvalue weighted by atomic mass is 10.1. The quantitative estimate of drug-likeness (QED) is 0.584. The number of hydrogen-bond donors (Lipinski definition) is 0. The van der Waals surface area contributed by atoms with Crippen LogP contribution in [0.2, 0.25) is 0 Å². The molecule has 0 aliphatic heterocycles. The third-order valence-corrected chi connectivity index (χ3v) is 2.36. The molecule has 0 aliphatic rings. The Morgan fingerprint density at radius 3 is 2.47 bits per heavy atom. The zero-order chi connectivity index (χ0) is 11.6. The van der Waals surface area contributed by atoms with Crippen molar-refractivity contribution in [2.24, 2.45) is 0 Å². The van der Waals surface area contributed by atoms with Crippen molar-refractivity contribution in [2.75, 3.05) is 7.11 Å². The molecule has 82 valence electrons. The molecule has 1 aromatic rings. The molecule has 0 atom stereocenters. The Balaban J connectivity index is 3.33. The number of halogens is 4. The highest BCUT2D eigenvalue weighted by molar-refractivity contribution is 14.1. The number of carbonyl (C=O) groups is 1. The first-order valence-corrected chi connectivity index (χ1v) is 4.89. The van der Waals surface area contributed by atoms with E-state index in [2.05, 4.69) is 4.74 Å². The van der Waals surface area contributed by atoms with Crippen molar-refractivity contribution in [1.29, 1.82) is 0 Å². The molecule has 0 aliphatic carbocycles. The fourth-order valence-electron chi connectivity index (χ4n) is 1.04. The Hall–Kier alpha value is -0.790. The lowest BCUT2D eigenvalue weighted by molar-refractivity contribution is -0.138. The van der Waals surface area contributed by atoms with E-state index in [0.29, 0.717) is 3.57 Å². The van der Waals surface area contributed by atoms with E-state index in [-0.39, 0.29) is 0 Å². The average Bonchev–Trinajstić information content (AvgIpc) is 2.14. The molecule has 0 unspecified atom stereocenters. The van der Waals surface area contributed by atoms with Gasteiger partial charge in [0.05, 0.1) is 18.2 Å². The minimum atomic E-state index is -4.55. The first-order chi connectivity index (χ1) is 6.86. The second-order valence-electron chi connectivity index (χ2n) is 2.68. The summed E-state index contributed by atoms with van der Waals surface area (Å²) in [5.41, 5.74) is -1.44. The number of hydrogen-bond acceptors (Lipinski definition) is 2. The van der Waals surface area contributed by atoms with Crippen LogP contribution in [-0.4, -0.2) is 13.1 Å². The van der Waals surface area contributed by atoms with Crippen molar-refractivity contribution < 1.29 is 22.7 Å². The van der Waals surface area contributed by atoms with Crippen LogP contribution < -0.4 is 0 Å². The second-order valence-corrected chi connectivity index (χ2v) is 3.92. The van der Waals surface area contributed by atoms with Gasteiger partial charge in [-0.15, -0.1) is 0 Å². The number of carbonyl (C=O) groups excluding carboxylic acids is 1. The van der Waals surface area contributed by atoms with Crippen LogP contribution in [0.1, 0.15) is 15.9 Å². The predicted octanol–water partition coefficient (Wildman–Crippen LogP) is 3.10. The fraction of sp³-hybridized carbons (Fsp3) is 0.222. The molecular formula is C9H6F3IO2. The van der Waals surface area contributed by atoms with E-state index in [1.165, 1.54) is 6.07 Å². The molecule has 2 nitrogen and oxygen atoms in total. The summed E-state index contributed by atoms with van der Waals surface area (Å²) in [6.07, 6.45) is -4.55. The van der Waals surface area contributed by atoms with Crippen LogP contribution in [-0.2, 0) is 10.9 Å². The van der Waals surface area contributed by atoms with E-state index in [9.17, 15) is 18.0 Å². The van der Waals surface area contributed by atoms with Crippen LogP contribution in [0.5, 0.6) is 0 Å². The Bertz CT molecular complexity index is 387. The molecule has 1 aromatic carbocycles. The summed E-state index contributed by atoms with van der Waals surface area (Å²) in [6, 6.07) is 3.30. The van der Waals surface area contributed by atoms with E-state index in [0.717, 1.165) is 19.2 Å². The highest BCUT2D eigenvalue weighted by Gasteiger charge is 2.35. The molecule has 6 heteroatoms. The van der Waals surface area contributed by atoms with E-state index in [1.807, 2.05) is 22.6 Å². The van der Waals surface area contributed by atoms with Crippen molar-refractivity contribution in [3.63, 3.8) is 0 Å². The summed E-state index contributed by atoms with van der Waals surface area (Å²) >= 11 is 1.82. The van der Waals surface area contributed by atoms with Crippen LogP contribution in [0.15, 0.2) is 18.2 Å². The average molecular weight is 330 g/mol. The summed E-state index contributed by atoms with van der Waals surface area (Å²) in [7, 11) is 1.04. The van der Waals surface area contributed by atoms with Crippen LogP contribution in [0.4, 0.5) is 13.2 Å². The van der Waals surface area contributed by atoms with Gasteiger partial charge < -0.3 is 4.74 Å². The molecule has 15 heavy (non-hydrogen) atoms. The zero-order valence-corrected chi connectivity index (χ0v) is 9.72. The van der Waals surface area contributed by atoms with Gasteiger partial charge >= 0.3 is 12.1 Å².